The van der Waals surface area contributed by atoms with Crippen molar-refractivity contribution in [2.75, 3.05) is 6.61 Å². The Kier molecular flexibility index (Phi) is 7.93. The van der Waals surface area contributed by atoms with Crippen LogP contribution < -0.4 is 15.0 Å². The summed E-state index contributed by atoms with van der Waals surface area (Å²) >= 11 is 0. The van der Waals surface area contributed by atoms with E-state index in [-0.39, 0.29) is 11.1 Å². The van der Waals surface area contributed by atoms with E-state index in [1.165, 1.54) is 42.7 Å². The van der Waals surface area contributed by atoms with Gasteiger partial charge in [-0.3, -0.25) is 4.79 Å². The second-order valence-electron chi connectivity index (χ2n) is 6.32. The topological polar surface area (TPSA) is 57.5 Å². The van der Waals surface area contributed by atoms with Crippen molar-refractivity contribution in [1.82, 2.24) is 4.57 Å². The number of benzene rings is 1. The van der Waals surface area contributed by atoms with Crippen LogP contribution in [0.25, 0.3) is 0 Å². The fraction of sp³-hybridized carbons (Fsp3) is 0.429. The van der Waals surface area contributed by atoms with Crippen LogP contribution in [0.3, 0.4) is 0 Å². The number of aromatic nitrogens is 1. The maximum Gasteiger partial charge on any atom is 0.349 e. The number of rotatable bonds is 10. The van der Waals surface area contributed by atoms with Gasteiger partial charge in [-0.1, -0.05) is 39.0 Å². The van der Waals surface area contributed by atoms with E-state index in [1.54, 1.807) is 43.6 Å². The molecule has 5 nitrogen and oxygen atoms in total. The predicted molar refractivity (Wildman–Crippen MR) is 102 cm³/mol. The largest absolute Gasteiger partial charge is 0.494 e. The van der Waals surface area contributed by atoms with Crippen molar-refractivity contribution >= 4 is 5.97 Å². The van der Waals surface area contributed by atoms with E-state index in [4.69, 9.17) is 9.47 Å². The van der Waals surface area contributed by atoms with Crippen molar-refractivity contribution in [2.45, 2.75) is 45.4 Å². The van der Waals surface area contributed by atoms with Gasteiger partial charge in [-0.05, 0) is 42.8 Å². The summed E-state index contributed by atoms with van der Waals surface area (Å²) < 4.78 is 12.3. The number of nitrogens with zero attached hydrogens (tertiary/aromatic N) is 1. The number of pyridine rings is 1. The first-order chi connectivity index (χ1) is 12.6. The minimum Gasteiger partial charge on any atom is -0.494 e. The molecule has 1 heterocycles. The third kappa shape index (κ3) is 6.06. The van der Waals surface area contributed by atoms with Crippen molar-refractivity contribution in [3.63, 3.8) is 0 Å². The first-order valence-corrected chi connectivity index (χ1v) is 9.22. The van der Waals surface area contributed by atoms with E-state index in [0.717, 1.165) is 12.2 Å². The molecule has 1 aromatic carbocycles. The van der Waals surface area contributed by atoms with Crippen molar-refractivity contribution in [3.8, 4) is 11.5 Å². The van der Waals surface area contributed by atoms with Crippen molar-refractivity contribution < 1.29 is 14.3 Å². The van der Waals surface area contributed by atoms with Gasteiger partial charge in [-0.2, -0.15) is 0 Å². The molecular formula is C21H27NO4. The Bertz CT molecular complexity index is 749. The quantitative estimate of drug-likeness (QED) is 0.360. The average Bonchev–Trinajstić information content (AvgIpc) is 2.64. The van der Waals surface area contributed by atoms with Gasteiger partial charge < -0.3 is 14.0 Å². The maximum absolute atomic E-state index is 12.1. The zero-order chi connectivity index (χ0) is 18.8. The van der Waals surface area contributed by atoms with Gasteiger partial charge in [0.15, 0.2) is 0 Å². The normalized spacial score (nSPS) is 10.5. The van der Waals surface area contributed by atoms with Crippen molar-refractivity contribution in [3.05, 3.63) is 58.5 Å². The summed E-state index contributed by atoms with van der Waals surface area (Å²) in [5.74, 6) is 0.466. The average molecular weight is 357 g/mol. The predicted octanol–water partition coefficient (Wildman–Crippen LogP) is 4.34. The number of aryl methyl sites for hydroxylation is 1. The van der Waals surface area contributed by atoms with Gasteiger partial charge in [-0.25, -0.2) is 4.79 Å². The number of hydrogen-bond acceptors (Lipinski definition) is 4. The first-order valence-electron chi connectivity index (χ1n) is 9.22. The van der Waals surface area contributed by atoms with E-state index < -0.39 is 5.97 Å². The van der Waals surface area contributed by atoms with Crippen LogP contribution in [0.5, 0.6) is 11.5 Å². The Labute approximate surface area is 154 Å². The van der Waals surface area contributed by atoms with Gasteiger partial charge in [-0.15, -0.1) is 0 Å². The summed E-state index contributed by atoms with van der Waals surface area (Å²) in [6, 6.07) is 9.97. The highest BCUT2D eigenvalue weighted by molar-refractivity contribution is 5.90. The Morgan fingerprint density at radius 3 is 2.35 bits per heavy atom. The first kappa shape index (κ1) is 19.8. The lowest BCUT2D eigenvalue weighted by atomic mass is 10.1. The summed E-state index contributed by atoms with van der Waals surface area (Å²) in [4.78, 5) is 24.1. The summed E-state index contributed by atoms with van der Waals surface area (Å²) in [6.45, 7) is 2.90. The molecule has 0 aliphatic rings. The van der Waals surface area contributed by atoms with Gasteiger partial charge in [0, 0.05) is 13.2 Å². The van der Waals surface area contributed by atoms with Crippen LogP contribution >= 0.6 is 0 Å². The van der Waals surface area contributed by atoms with Gasteiger partial charge in [0.2, 0.25) is 0 Å². The number of ether oxygens (including phenoxy) is 2. The molecule has 26 heavy (non-hydrogen) atoms. The van der Waals surface area contributed by atoms with Gasteiger partial charge in [0.1, 0.15) is 17.1 Å². The lowest BCUT2D eigenvalue weighted by Gasteiger charge is -2.08. The minimum atomic E-state index is -0.660. The molecule has 1 aromatic heterocycles. The van der Waals surface area contributed by atoms with Crippen LogP contribution in [0.15, 0.2) is 47.4 Å². The lowest BCUT2D eigenvalue weighted by Crippen LogP contribution is -2.25. The second-order valence-corrected chi connectivity index (χ2v) is 6.32. The molecular weight excluding hydrogens is 330 g/mol. The highest BCUT2D eigenvalue weighted by atomic mass is 16.5. The molecule has 0 fully saturated rings. The van der Waals surface area contributed by atoms with E-state index in [9.17, 15) is 9.59 Å². The minimum absolute atomic E-state index is 0.0124. The standard InChI is InChI=1S/C21H27NO4/c1-3-4-5-6-7-8-16-25-17-11-13-18(14-12-17)26-21(24)19-10-9-15-22(2)20(19)23/h9-15H,3-8,16H2,1-2H3. The molecule has 0 N–H and O–H groups in total. The zero-order valence-electron chi connectivity index (χ0n) is 15.6. The molecule has 2 rings (SSSR count). The highest BCUT2D eigenvalue weighted by Crippen LogP contribution is 2.19. The molecule has 0 atom stereocenters. The molecule has 0 aliphatic heterocycles. The number of carbonyl (C=O) groups excluding carboxylic acids is 1. The molecule has 140 valence electrons. The fourth-order valence-electron chi connectivity index (χ4n) is 2.59. The molecule has 0 spiro atoms. The number of carbonyl (C=O) groups is 1. The van der Waals surface area contributed by atoms with E-state index >= 15 is 0 Å². The smallest absolute Gasteiger partial charge is 0.349 e. The molecule has 0 saturated heterocycles. The fourth-order valence-corrected chi connectivity index (χ4v) is 2.59. The SMILES string of the molecule is CCCCCCCCOc1ccc(OC(=O)c2cccn(C)c2=O)cc1. The molecule has 0 amide bonds. The lowest BCUT2D eigenvalue weighted by molar-refractivity contribution is 0.0732. The number of esters is 1. The summed E-state index contributed by atoms with van der Waals surface area (Å²) in [5.41, 5.74) is -0.366. The van der Waals surface area contributed by atoms with Gasteiger partial charge in [0.05, 0.1) is 6.61 Å². The molecule has 0 saturated carbocycles. The van der Waals surface area contributed by atoms with E-state index in [0.29, 0.717) is 12.4 Å². The Balaban J connectivity index is 1.79. The van der Waals surface area contributed by atoms with Crippen LogP contribution in [0.2, 0.25) is 0 Å². The van der Waals surface area contributed by atoms with Gasteiger partial charge >= 0.3 is 5.97 Å². The Morgan fingerprint density at radius 2 is 1.62 bits per heavy atom. The van der Waals surface area contributed by atoms with Gasteiger partial charge in [0.25, 0.3) is 5.56 Å². The maximum atomic E-state index is 12.1. The highest BCUT2D eigenvalue weighted by Gasteiger charge is 2.13. The zero-order valence-corrected chi connectivity index (χ0v) is 15.6. The van der Waals surface area contributed by atoms with E-state index in [1.807, 2.05) is 0 Å². The van der Waals surface area contributed by atoms with Crippen LogP contribution in [-0.4, -0.2) is 17.1 Å². The number of hydrogen-bond donors (Lipinski definition) is 0. The summed E-state index contributed by atoms with van der Waals surface area (Å²) in [7, 11) is 1.59. The van der Waals surface area contributed by atoms with Crippen LogP contribution in [0.1, 0.15) is 55.8 Å². The Morgan fingerprint density at radius 1 is 0.962 bits per heavy atom. The third-order valence-corrected chi connectivity index (χ3v) is 4.14. The summed E-state index contributed by atoms with van der Waals surface area (Å²) in [6.07, 6.45) is 8.92. The summed E-state index contributed by atoms with van der Waals surface area (Å²) in [5, 5.41) is 0. The Hall–Kier alpha value is -2.56. The van der Waals surface area contributed by atoms with Crippen LogP contribution in [0.4, 0.5) is 0 Å². The molecule has 2 aromatic rings. The van der Waals surface area contributed by atoms with Crippen LogP contribution in [0, 0.1) is 0 Å². The third-order valence-electron chi connectivity index (χ3n) is 4.14. The van der Waals surface area contributed by atoms with Crippen molar-refractivity contribution in [1.29, 1.82) is 0 Å². The molecule has 0 bridgehead atoms. The second kappa shape index (κ2) is 10.4. The molecule has 0 unspecified atom stereocenters. The monoisotopic (exact) mass is 357 g/mol. The number of unbranched alkanes of at least 4 members (excludes halogenated alkanes) is 5. The van der Waals surface area contributed by atoms with E-state index in [2.05, 4.69) is 6.92 Å². The molecule has 0 radical (unpaired) electrons. The van der Waals surface area contributed by atoms with Crippen LogP contribution in [-0.2, 0) is 7.05 Å². The van der Waals surface area contributed by atoms with Crippen molar-refractivity contribution in [2.24, 2.45) is 7.05 Å². The molecule has 5 heteroatoms. The molecule has 0 aliphatic carbocycles.